The summed E-state index contributed by atoms with van der Waals surface area (Å²) >= 11 is 0. The van der Waals surface area contributed by atoms with Crippen molar-refractivity contribution < 1.29 is 55.4 Å². The second kappa shape index (κ2) is 23.3. The number of hydrazine groups is 1. The number of hydrogen-bond donors (Lipinski definition) is 3. The van der Waals surface area contributed by atoms with Crippen LogP contribution in [-0.4, -0.2) is 145 Å². The lowest BCUT2D eigenvalue weighted by Gasteiger charge is -2.37. The lowest BCUT2D eigenvalue weighted by Crippen LogP contribution is -2.62. The number of cyclic esters (lactones) is 1. The summed E-state index contributed by atoms with van der Waals surface area (Å²) < 4.78 is 88.6. The first kappa shape index (κ1) is 56.7. The Labute approximate surface area is 445 Å². The number of carbonyl (C=O) groups is 5. The van der Waals surface area contributed by atoms with Crippen LogP contribution in [0.1, 0.15) is 88.8 Å². The van der Waals surface area contributed by atoms with E-state index in [-0.39, 0.29) is 73.1 Å². The van der Waals surface area contributed by atoms with Crippen molar-refractivity contribution in [1.29, 1.82) is 0 Å². The largest absolute Gasteiger partial charge is 0.464 e. The fourth-order valence-corrected chi connectivity index (χ4v) is 11.3. The number of alkyl halides is 5. The van der Waals surface area contributed by atoms with E-state index in [1.807, 2.05) is 19.9 Å². The van der Waals surface area contributed by atoms with Gasteiger partial charge in [0, 0.05) is 93.8 Å². The van der Waals surface area contributed by atoms with Crippen LogP contribution in [0.5, 0.6) is 0 Å². The molecule has 4 amide bonds. The zero-order chi connectivity index (χ0) is 55.7. The molecule has 0 aliphatic carbocycles. The lowest BCUT2D eigenvalue weighted by molar-refractivity contribution is -0.155. The van der Waals surface area contributed by atoms with E-state index in [0.29, 0.717) is 79.0 Å². The van der Waals surface area contributed by atoms with E-state index in [1.54, 1.807) is 51.2 Å². The molecule has 0 unspecified atom stereocenters. The first-order chi connectivity index (χ1) is 36.5. The van der Waals surface area contributed by atoms with Gasteiger partial charge < -0.3 is 39.4 Å². The predicted molar refractivity (Wildman–Crippen MR) is 280 cm³/mol. The smallest absolute Gasteiger partial charge is 0.406 e. The van der Waals surface area contributed by atoms with Gasteiger partial charge in [-0.1, -0.05) is 52.5 Å². The molecule has 3 N–H and O–H groups in total. The fraction of sp³-hybridized carbons (Fsp3) is 0.536. The summed E-state index contributed by atoms with van der Waals surface area (Å²) in [5, 5.41) is 7.82. The zero-order valence-corrected chi connectivity index (χ0v) is 44.8. The minimum absolute atomic E-state index is 0.0811. The summed E-state index contributed by atoms with van der Waals surface area (Å²) in [4.78, 5) is 79.8. The predicted octanol–water partition coefficient (Wildman–Crippen LogP) is 7.15. The van der Waals surface area contributed by atoms with Crippen molar-refractivity contribution in [2.75, 3.05) is 71.5 Å². The molecule has 3 fully saturated rings. The third-order valence-electron chi connectivity index (χ3n) is 15.2. The summed E-state index contributed by atoms with van der Waals surface area (Å²) in [5.41, 5.74) is 4.99. The lowest BCUT2D eigenvalue weighted by atomic mass is 9.84. The molecule has 6 bridgehead atoms. The van der Waals surface area contributed by atoms with Crippen LogP contribution < -0.4 is 21.0 Å². The van der Waals surface area contributed by atoms with Crippen molar-refractivity contribution >= 4 is 46.2 Å². The number of nitrogens with zero attached hydrogens (tertiary/aromatic N) is 6. The minimum atomic E-state index is -4.71. The second-order valence-electron chi connectivity index (χ2n) is 21.9. The van der Waals surface area contributed by atoms with Gasteiger partial charge >= 0.3 is 12.1 Å². The molecule has 21 heteroatoms. The number of ether oxygens (including phenoxy) is 2. The van der Waals surface area contributed by atoms with Crippen LogP contribution in [0.25, 0.3) is 33.3 Å². The molecule has 0 spiro atoms. The monoisotopic (exact) mass is 1080 g/mol. The number of hydrogen-bond acceptors (Lipinski definition) is 11. The standard InChI is InChI=1S/C56H70F5N9O7/c1-9-46(71)68-18-14-36(29-68)52(73)66(7)48(32(2)3)51(72)64-44-23-34-21-37(24-38(22-34)50(57)58)35-12-13-45-40(25-35)42(27-55(5,6)31-77-54(75)43-11-10-17-70(65-43)53(44)74)49(69(45)30-56(59,60)61)41-26-39(67-19-15-62-16-20-67)28-63-47(41)33(4)76-8/h9,12-13,21-22,24-26,28,32-33,36,43-44,48,50,62,65H,1,10-11,14-20,23,27,29-31H2,2-8H3,(H,64,72)/t33-,36-,43-,44-,48-/m0/s1. The van der Waals surface area contributed by atoms with Crippen LogP contribution in [0.3, 0.4) is 0 Å². The number of methoxy groups -OCH3 is 1. The number of nitrogens with one attached hydrogen (secondary N) is 3. The Morgan fingerprint density at radius 2 is 1.75 bits per heavy atom. The van der Waals surface area contributed by atoms with E-state index in [0.717, 1.165) is 0 Å². The highest BCUT2D eigenvalue weighted by Crippen LogP contribution is 2.44. The molecule has 0 saturated carbocycles. The zero-order valence-electron chi connectivity index (χ0n) is 44.8. The molecule has 2 aromatic carbocycles. The van der Waals surface area contributed by atoms with Crippen LogP contribution in [0.4, 0.5) is 27.6 Å². The second-order valence-corrected chi connectivity index (χ2v) is 21.9. The van der Waals surface area contributed by atoms with E-state index in [9.17, 15) is 24.0 Å². The van der Waals surface area contributed by atoms with Crippen molar-refractivity contribution in [3.05, 3.63) is 83.7 Å². The number of esters is 1. The van der Waals surface area contributed by atoms with Crippen molar-refractivity contribution in [3.8, 4) is 22.4 Å². The SMILES string of the molecule is C=CC(=O)N1CC[C@H](C(=O)N(C)[C@H](C(=O)N[C@H]2Cc3cc(cc(C(F)F)c3)-c3ccc4c(c3)c(c(-c3cc(N5CCNCC5)cnc3[C@H](C)OC)n4CC(F)(F)F)CC(C)(C)COC(=O)[C@@H]3CCCN(N3)C2=O)C(C)C)C1. The number of carbonyl (C=O) groups excluding carboxylic acids is 5. The fourth-order valence-electron chi connectivity index (χ4n) is 11.3. The van der Waals surface area contributed by atoms with E-state index in [2.05, 4.69) is 27.5 Å². The molecule has 3 saturated heterocycles. The van der Waals surface area contributed by atoms with Gasteiger partial charge in [-0.2, -0.15) is 13.2 Å². The molecule has 16 nitrogen and oxygen atoms in total. The number of anilines is 1. The van der Waals surface area contributed by atoms with Crippen LogP contribution in [-0.2, 0) is 52.8 Å². The van der Waals surface area contributed by atoms with Gasteiger partial charge in [0.2, 0.25) is 17.7 Å². The van der Waals surface area contributed by atoms with Gasteiger partial charge in [0.05, 0.1) is 41.9 Å². The van der Waals surface area contributed by atoms with Gasteiger partial charge in [-0.05, 0) is 91.1 Å². The Bertz CT molecular complexity index is 2880. The number of amides is 4. The van der Waals surface area contributed by atoms with Crippen LogP contribution in [0.2, 0.25) is 0 Å². The normalized spacial score (nSPS) is 21.2. The maximum Gasteiger partial charge on any atom is 0.406 e. The van der Waals surface area contributed by atoms with E-state index in [4.69, 9.17) is 14.5 Å². The number of aromatic nitrogens is 2. The molecular formula is C56H70F5N9O7. The van der Waals surface area contributed by atoms with Gasteiger partial charge in [-0.3, -0.25) is 34.0 Å². The number of likely N-dealkylation sites (N-methyl/N-ethyl adjacent to an activating group) is 1. The van der Waals surface area contributed by atoms with Crippen molar-refractivity contribution in [3.63, 3.8) is 0 Å². The molecule has 8 rings (SSSR count). The molecule has 4 aliphatic heterocycles. The number of halogens is 5. The third kappa shape index (κ3) is 12.6. The van der Waals surface area contributed by atoms with Gasteiger partial charge in [0.15, 0.2) is 0 Å². The minimum Gasteiger partial charge on any atom is -0.464 e. The number of benzene rings is 2. The molecule has 6 heterocycles. The Hall–Kier alpha value is -6.45. The Kier molecular flexibility index (Phi) is 17.1. The van der Waals surface area contributed by atoms with Crippen molar-refractivity contribution in [2.24, 2.45) is 17.3 Å². The van der Waals surface area contributed by atoms with Crippen LogP contribution in [0.15, 0.2) is 61.3 Å². The maximum atomic E-state index is 15.1. The topological polar surface area (TPSA) is 171 Å². The molecule has 5 atom stereocenters. The van der Waals surface area contributed by atoms with Crippen molar-refractivity contribution in [2.45, 2.75) is 110 Å². The van der Waals surface area contributed by atoms with Crippen molar-refractivity contribution in [1.82, 2.24) is 40.4 Å². The highest BCUT2D eigenvalue weighted by Gasteiger charge is 2.41. The van der Waals surface area contributed by atoms with Crippen LogP contribution >= 0.6 is 0 Å². The average molecular weight is 1080 g/mol. The first-order valence-corrected chi connectivity index (χ1v) is 26.3. The van der Waals surface area contributed by atoms with Gasteiger partial charge in [0.25, 0.3) is 12.3 Å². The number of rotatable bonds is 12. The van der Waals surface area contributed by atoms with E-state index in [1.165, 1.54) is 51.7 Å². The average Bonchev–Trinajstić information content (AvgIpc) is 4.02. The summed E-state index contributed by atoms with van der Waals surface area (Å²) in [6.07, 6.45) is -4.74. The molecular weight excluding hydrogens is 1010 g/mol. The molecule has 4 aliphatic rings. The molecule has 2 aromatic heterocycles. The molecule has 0 radical (unpaired) electrons. The Balaban J connectivity index is 1.28. The Morgan fingerprint density at radius 3 is 2.43 bits per heavy atom. The first-order valence-electron chi connectivity index (χ1n) is 26.3. The van der Waals surface area contributed by atoms with Gasteiger partial charge in [-0.25, -0.2) is 14.2 Å². The maximum absolute atomic E-state index is 15.1. The van der Waals surface area contributed by atoms with Gasteiger partial charge in [-0.15, -0.1) is 0 Å². The Morgan fingerprint density at radius 1 is 1.01 bits per heavy atom. The van der Waals surface area contributed by atoms with E-state index < -0.39 is 84.0 Å². The highest BCUT2D eigenvalue weighted by molar-refractivity contribution is 5.97. The summed E-state index contributed by atoms with van der Waals surface area (Å²) in [6.45, 7) is 14.1. The number of fused-ring (bicyclic) bond motifs is 6. The number of pyridine rings is 1. The van der Waals surface area contributed by atoms with E-state index >= 15 is 22.0 Å². The van der Waals surface area contributed by atoms with Crippen LogP contribution in [0, 0.1) is 17.3 Å². The summed E-state index contributed by atoms with van der Waals surface area (Å²) in [6, 6.07) is 7.28. The third-order valence-corrected chi connectivity index (χ3v) is 15.2. The molecule has 77 heavy (non-hydrogen) atoms. The molecule has 4 aromatic rings. The number of likely N-dealkylation sites (tertiary alicyclic amines) is 1. The summed E-state index contributed by atoms with van der Waals surface area (Å²) in [5.74, 6) is -3.82. The highest BCUT2D eigenvalue weighted by atomic mass is 19.4. The summed E-state index contributed by atoms with van der Waals surface area (Å²) in [7, 11) is 2.98. The quantitative estimate of drug-likeness (QED) is 0.0748. The molecule has 416 valence electrons. The number of piperazine rings is 1. The van der Waals surface area contributed by atoms with Gasteiger partial charge in [0.1, 0.15) is 24.7 Å².